The molecule has 8 heteroatoms. The molecule has 1 aromatic heterocycles. The molecule has 29 heavy (non-hydrogen) atoms. The summed E-state index contributed by atoms with van der Waals surface area (Å²) >= 11 is 1.64. The lowest BCUT2D eigenvalue weighted by Crippen LogP contribution is -2.26. The van der Waals surface area contributed by atoms with E-state index >= 15 is 0 Å². The van der Waals surface area contributed by atoms with E-state index in [1.54, 1.807) is 56.1 Å². The Morgan fingerprint density at radius 3 is 2.69 bits per heavy atom. The molecule has 152 valence electrons. The molecule has 0 fully saturated rings. The fourth-order valence-corrected chi connectivity index (χ4v) is 3.61. The molecule has 1 amide bonds. The van der Waals surface area contributed by atoms with Gasteiger partial charge in [-0.25, -0.2) is 0 Å². The first kappa shape index (κ1) is 20.7. The van der Waals surface area contributed by atoms with Crippen molar-refractivity contribution in [3.63, 3.8) is 0 Å². The maximum absolute atomic E-state index is 12.9. The predicted molar refractivity (Wildman–Crippen MR) is 111 cm³/mol. The third-order valence-electron chi connectivity index (χ3n) is 4.25. The Morgan fingerprint density at radius 1 is 1.17 bits per heavy atom. The number of rotatable bonds is 8. The van der Waals surface area contributed by atoms with E-state index in [9.17, 15) is 4.79 Å². The van der Waals surface area contributed by atoms with Crippen LogP contribution in [0.5, 0.6) is 11.5 Å². The average molecular weight is 413 g/mol. The van der Waals surface area contributed by atoms with Gasteiger partial charge in [-0.1, -0.05) is 24.2 Å². The van der Waals surface area contributed by atoms with Gasteiger partial charge in [-0.2, -0.15) is 4.98 Å². The van der Waals surface area contributed by atoms with Crippen LogP contribution in [-0.2, 0) is 6.54 Å². The fourth-order valence-electron chi connectivity index (χ4n) is 2.82. The Kier molecular flexibility index (Phi) is 6.77. The molecule has 0 spiro atoms. The molecule has 0 saturated heterocycles. The summed E-state index contributed by atoms with van der Waals surface area (Å²) in [5.74, 6) is 2.78. The first-order valence-electron chi connectivity index (χ1n) is 9.09. The van der Waals surface area contributed by atoms with E-state index in [1.165, 1.54) is 0 Å². The van der Waals surface area contributed by atoms with Gasteiger partial charge < -0.3 is 18.9 Å². The number of ether oxygens (including phenoxy) is 2. The molecule has 1 heterocycles. The first-order chi connectivity index (χ1) is 14.1. The summed E-state index contributed by atoms with van der Waals surface area (Å²) in [7, 11) is 4.87. The van der Waals surface area contributed by atoms with Gasteiger partial charge in [0.05, 0.1) is 31.9 Å². The summed E-state index contributed by atoms with van der Waals surface area (Å²) in [6.07, 6.45) is 0. The minimum atomic E-state index is -0.0941. The van der Waals surface area contributed by atoms with Crippen molar-refractivity contribution in [1.29, 1.82) is 0 Å². The lowest BCUT2D eigenvalue weighted by molar-refractivity contribution is 0.0766. The fraction of sp³-hybridized carbons (Fsp3) is 0.286. The molecule has 0 bridgehead atoms. The SMILES string of the molecule is CCSc1ccccc1C(=O)N(C)Cc1nc(-c2ccc(OC)cc2OC)no1. The maximum Gasteiger partial charge on any atom is 0.255 e. The Labute approximate surface area is 174 Å². The standard InChI is InChI=1S/C21H23N3O4S/c1-5-29-18-9-7-6-8-16(18)21(25)24(2)13-19-22-20(23-28-19)15-11-10-14(26-3)12-17(15)27-4/h6-12H,5,13H2,1-4H3. The zero-order valence-electron chi connectivity index (χ0n) is 16.8. The number of hydrogen-bond acceptors (Lipinski definition) is 7. The van der Waals surface area contributed by atoms with Crippen LogP contribution >= 0.6 is 11.8 Å². The first-order valence-corrected chi connectivity index (χ1v) is 10.1. The highest BCUT2D eigenvalue weighted by Crippen LogP contribution is 2.31. The van der Waals surface area contributed by atoms with Crippen LogP contribution in [0.1, 0.15) is 23.2 Å². The molecule has 2 aromatic carbocycles. The summed E-state index contributed by atoms with van der Waals surface area (Å²) < 4.78 is 16.0. The molecule has 7 nitrogen and oxygen atoms in total. The van der Waals surface area contributed by atoms with Crippen molar-refractivity contribution in [3.8, 4) is 22.9 Å². The molecule has 0 radical (unpaired) electrons. The van der Waals surface area contributed by atoms with Crippen LogP contribution in [0, 0.1) is 0 Å². The second-order valence-corrected chi connectivity index (χ2v) is 7.47. The van der Waals surface area contributed by atoms with E-state index in [0.717, 1.165) is 10.6 Å². The zero-order valence-corrected chi connectivity index (χ0v) is 17.7. The number of carbonyl (C=O) groups excluding carboxylic acids is 1. The van der Waals surface area contributed by atoms with Crippen molar-refractivity contribution in [2.45, 2.75) is 18.4 Å². The van der Waals surface area contributed by atoms with Gasteiger partial charge in [0.15, 0.2) is 0 Å². The van der Waals surface area contributed by atoms with Crippen LogP contribution in [0.15, 0.2) is 51.9 Å². The van der Waals surface area contributed by atoms with Crippen LogP contribution in [0.4, 0.5) is 0 Å². The number of thioether (sulfide) groups is 1. The number of hydrogen-bond donors (Lipinski definition) is 0. The van der Waals surface area contributed by atoms with Gasteiger partial charge in [0, 0.05) is 18.0 Å². The monoisotopic (exact) mass is 413 g/mol. The molecule has 0 saturated carbocycles. The lowest BCUT2D eigenvalue weighted by Gasteiger charge is -2.16. The highest BCUT2D eigenvalue weighted by atomic mass is 32.2. The van der Waals surface area contributed by atoms with Gasteiger partial charge in [-0.05, 0) is 30.0 Å². The molecule has 3 rings (SSSR count). The second-order valence-electron chi connectivity index (χ2n) is 6.17. The summed E-state index contributed by atoms with van der Waals surface area (Å²) in [6.45, 7) is 2.26. The van der Waals surface area contributed by atoms with Crippen LogP contribution < -0.4 is 9.47 Å². The average Bonchev–Trinajstić information content (AvgIpc) is 3.21. The normalized spacial score (nSPS) is 10.6. The number of carbonyl (C=O) groups is 1. The topological polar surface area (TPSA) is 77.7 Å². The molecule has 0 atom stereocenters. The molecular weight excluding hydrogens is 390 g/mol. The second kappa shape index (κ2) is 9.47. The van der Waals surface area contributed by atoms with Crippen LogP contribution in [0.25, 0.3) is 11.4 Å². The number of benzene rings is 2. The van der Waals surface area contributed by atoms with Crippen molar-refractivity contribution < 1.29 is 18.8 Å². The Hall–Kier alpha value is -3.00. The largest absolute Gasteiger partial charge is 0.497 e. The van der Waals surface area contributed by atoms with Gasteiger partial charge in [0.2, 0.25) is 11.7 Å². The van der Waals surface area contributed by atoms with Crippen molar-refractivity contribution in [3.05, 3.63) is 53.9 Å². The van der Waals surface area contributed by atoms with Crippen LogP contribution in [-0.4, -0.2) is 48.0 Å². The van der Waals surface area contributed by atoms with Crippen molar-refractivity contribution in [2.24, 2.45) is 0 Å². The van der Waals surface area contributed by atoms with Crippen LogP contribution in [0.2, 0.25) is 0 Å². The summed E-state index contributed by atoms with van der Waals surface area (Å²) in [5.41, 5.74) is 1.35. The van der Waals surface area contributed by atoms with E-state index in [1.807, 2.05) is 24.3 Å². The third-order valence-corrected chi connectivity index (χ3v) is 5.21. The minimum Gasteiger partial charge on any atom is -0.497 e. The lowest BCUT2D eigenvalue weighted by atomic mass is 10.2. The minimum absolute atomic E-state index is 0.0941. The van der Waals surface area contributed by atoms with Gasteiger partial charge in [-0.3, -0.25) is 4.79 Å². The molecule has 0 N–H and O–H groups in total. The Morgan fingerprint density at radius 2 is 1.97 bits per heavy atom. The number of nitrogens with zero attached hydrogens (tertiary/aromatic N) is 3. The van der Waals surface area contributed by atoms with Gasteiger partial charge in [-0.15, -0.1) is 11.8 Å². The zero-order chi connectivity index (χ0) is 20.8. The van der Waals surface area contributed by atoms with Crippen LogP contribution in [0.3, 0.4) is 0 Å². The Bertz CT molecular complexity index is 990. The maximum atomic E-state index is 12.9. The highest BCUT2D eigenvalue weighted by molar-refractivity contribution is 7.99. The number of aromatic nitrogens is 2. The number of amides is 1. The van der Waals surface area contributed by atoms with Crippen molar-refractivity contribution >= 4 is 17.7 Å². The molecular formula is C21H23N3O4S. The van der Waals surface area contributed by atoms with Gasteiger partial charge >= 0.3 is 0 Å². The molecule has 0 unspecified atom stereocenters. The van der Waals surface area contributed by atoms with E-state index in [-0.39, 0.29) is 12.5 Å². The van der Waals surface area contributed by atoms with Gasteiger partial charge in [0.25, 0.3) is 5.91 Å². The van der Waals surface area contributed by atoms with E-state index in [2.05, 4.69) is 17.1 Å². The molecule has 3 aromatic rings. The summed E-state index contributed by atoms with van der Waals surface area (Å²) in [4.78, 5) is 19.8. The third kappa shape index (κ3) is 4.71. The smallest absolute Gasteiger partial charge is 0.255 e. The Balaban J connectivity index is 1.77. The molecule has 0 aliphatic carbocycles. The molecule has 0 aliphatic heterocycles. The number of methoxy groups -OCH3 is 2. The quantitative estimate of drug-likeness (QED) is 0.514. The summed E-state index contributed by atoms with van der Waals surface area (Å²) in [5, 5.41) is 4.03. The summed E-state index contributed by atoms with van der Waals surface area (Å²) in [6, 6.07) is 12.9. The van der Waals surface area contributed by atoms with E-state index in [4.69, 9.17) is 14.0 Å². The highest BCUT2D eigenvalue weighted by Gasteiger charge is 2.20. The van der Waals surface area contributed by atoms with E-state index < -0.39 is 0 Å². The van der Waals surface area contributed by atoms with Crippen molar-refractivity contribution in [2.75, 3.05) is 27.0 Å². The molecule has 0 aliphatic rings. The van der Waals surface area contributed by atoms with E-state index in [0.29, 0.717) is 34.3 Å². The van der Waals surface area contributed by atoms with Crippen molar-refractivity contribution in [1.82, 2.24) is 15.0 Å². The predicted octanol–water partition coefficient (Wildman–Crippen LogP) is 4.14. The van der Waals surface area contributed by atoms with Gasteiger partial charge in [0.1, 0.15) is 11.5 Å².